The van der Waals surface area contributed by atoms with Gasteiger partial charge in [-0.25, -0.2) is 0 Å². The number of ether oxygens (including phenoxy) is 2. The van der Waals surface area contributed by atoms with Gasteiger partial charge in [0.15, 0.2) is 11.5 Å². The van der Waals surface area contributed by atoms with E-state index >= 15 is 0 Å². The van der Waals surface area contributed by atoms with Crippen molar-refractivity contribution in [3.05, 3.63) is 53.3 Å². The zero-order valence-corrected chi connectivity index (χ0v) is 12.3. The second-order valence-electron chi connectivity index (χ2n) is 5.24. The van der Waals surface area contributed by atoms with Crippen LogP contribution in [0.5, 0.6) is 11.5 Å². The molecule has 0 unspecified atom stereocenters. The molecule has 0 saturated heterocycles. The molecule has 1 aromatic carbocycles. The molecule has 2 heterocycles. The highest BCUT2D eigenvalue weighted by Gasteiger charge is 2.10. The largest absolute Gasteiger partial charge is 0.490 e. The van der Waals surface area contributed by atoms with Gasteiger partial charge in [0.1, 0.15) is 0 Å². The average Bonchev–Trinajstić information content (AvgIpc) is 2.74. The van der Waals surface area contributed by atoms with E-state index in [1.54, 1.807) is 0 Å². The number of aryl methyl sites for hydroxylation is 1. The minimum absolute atomic E-state index is 0.721. The Morgan fingerprint density at radius 2 is 1.95 bits per heavy atom. The van der Waals surface area contributed by atoms with Gasteiger partial charge < -0.3 is 14.8 Å². The summed E-state index contributed by atoms with van der Waals surface area (Å²) in [4.78, 5) is 4.16. The molecule has 0 aliphatic carbocycles. The number of hydrogen-bond donors (Lipinski definition) is 1. The van der Waals surface area contributed by atoms with Crippen LogP contribution in [0.25, 0.3) is 0 Å². The lowest BCUT2D eigenvalue weighted by atomic mass is 10.1. The topological polar surface area (TPSA) is 43.4 Å². The molecule has 21 heavy (non-hydrogen) atoms. The Kier molecular flexibility index (Phi) is 4.36. The van der Waals surface area contributed by atoms with Crippen LogP contribution in [-0.4, -0.2) is 18.2 Å². The number of aromatic nitrogens is 1. The molecule has 0 fully saturated rings. The SMILES string of the molecule is Cc1ccncc1CNCc1ccc2c(c1)OCCCO2. The molecule has 0 amide bonds. The maximum absolute atomic E-state index is 5.71. The van der Waals surface area contributed by atoms with Crippen LogP contribution in [0.15, 0.2) is 36.7 Å². The normalized spacial score (nSPS) is 13.8. The van der Waals surface area contributed by atoms with Gasteiger partial charge >= 0.3 is 0 Å². The fraction of sp³-hybridized carbons (Fsp3) is 0.353. The third-order valence-corrected chi connectivity index (χ3v) is 3.60. The summed E-state index contributed by atoms with van der Waals surface area (Å²) < 4.78 is 11.3. The summed E-state index contributed by atoms with van der Waals surface area (Å²) in [7, 11) is 0. The predicted molar refractivity (Wildman–Crippen MR) is 81.6 cm³/mol. The first kappa shape index (κ1) is 13.9. The van der Waals surface area contributed by atoms with Gasteiger partial charge in [-0.2, -0.15) is 0 Å². The minimum atomic E-state index is 0.721. The first-order chi connectivity index (χ1) is 10.3. The van der Waals surface area contributed by atoms with Crippen LogP contribution in [0.1, 0.15) is 23.1 Å². The summed E-state index contributed by atoms with van der Waals surface area (Å²) in [5.74, 6) is 1.70. The summed E-state index contributed by atoms with van der Waals surface area (Å²) in [6.07, 6.45) is 4.67. The van der Waals surface area contributed by atoms with Gasteiger partial charge in [-0.3, -0.25) is 4.98 Å². The summed E-state index contributed by atoms with van der Waals surface area (Å²) >= 11 is 0. The van der Waals surface area contributed by atoms with E-state index in [0.717, 1.165) is 44.2 Å². The molecule has 1 aliphatic heterocycles. The third-order valence-electron chi connectivity index (χ3n) is 3.60. The minimum Gasteiger partial charge on any atom is -0.490 e. The van der Waals surface area contributed by atoms with Crippen molar-refractivity contribution in [2.75, 3.05) is 13.2 Å². The van der Waals surface area contributed by atoms with Crippen molar-refractivity contribution < 1.29 is 9.47 Å². The molecule has 0 bridgehead atoms. The van der Waals surface area contributed by atoms with Gasteiger partial charge in [0, 0.05) is 31.9 Å². The second kappa shape index (κ2) is 6.59. The van der Waals surface area contributed by atoms with E-state index in [9.17, 15) is 0 Å². The number of fused-ring (bicyclic) bond motifs is 1. The van der Waals surface area contributed by atoms with Crippen LogP contribution in [0.4, 0.5) is 0 Å². The molecule has 110 valence electrons. The highest BCUT2D eigenvalue weighted by molar-refractivity contribution is 5.43. The van der Waals surface area contributed by atoms with E-state index in [-0.39, 0.29) is 0 Å². The first-order valence-corrected chi connectivity index (χ1v) is 7.31. The molecule has 3 rings (SSSR count). The van der Waals surface area contributed by atoms with E-state index in [1.165, 1.54) is 16.7 Å². The maximum atomic E-state index is 5.71. The van der Waals surface area contributed by atoms with E-state index in [4.69, 9.17) is 9.47 Å². The quantitative estimate of drug-likeness (QED) is 0.937. The number of hydrogen-bond acceptors (Lipinski definition) is 4. The summed E-state index contributed by atoms with van der Waals surface area (Å²) in [5, 5.41) is 3.44. The zero-order valence-electron chi connectivity index (χ0n) is 12.3. The second-order valence-corrected chi connectivity index (χ2v) is 5.24. The highest BCUT2D eigenvalue weighted by Crippen LogP contribution is 2.30. The van der Waals surface area contributed by atoms with Crippen LogP contribution >= 0.6 is 0 Å². The Morgan fingerprint density at radius 3 is 2.81 bits per heavy atom. The van der Waals surface area contributed by atoms with Crippen LogP contribution in [0.3, 0.4) is 0 Å². The average molecular weight is 284 g/mol. The molecule has 4 heteroatoms. The van der Waals surface area contributed by atoms with Crippen molar-refractivity contribution in [1.29, 1.82) is 0 Å². The van der Waals surface area contributed by atoms with Crippen molar-refractivity contribution in [3.8, 4) is 11.5 Å². The number of pyridine rings is 1. The van der Waals surface area contributed by atoms with Crippen molar-refractivity contribution in [3.63, 3.8) is 0 Å². The Bertz CT molecular complexity index is 613. The van der Waals surface area contributed by atoms with E-state index < -0.39 is 0 Å². The molecule has 1 aromatic heterocycles. The van der Waals surface area contributed by atoms with Gasteiger partial charge in [0.05, 0.1) is 13.2 Å². The fourth-order valence-electron chi connectivity index (χ4n) is 2.34. The lowest BCUT2D eigenvalue weighted by molar-refractivity contribution is 0.297. The van der Waals surface area contributed by atoms with Crippen molar-refractivity contribution in [1.82, 2.24) is 10.3 Å². The van der Waals surface area contributed by atoms with Crippen molar-refractivity contribution in [2.24, 2.45) is 0 Å². The molecule has 0 saturated carbocycles. The molecule has 1 N–H and O–H groups in total. The fourth-order valence-corrected chi connectivity index (χ4v) is 2.34. The molecule has 4 nitrogen and oxygen atoms in total. The molecule has 0 atom stereocenters. The summed E-state index contributed by atoms with van der Waals surface area (Å²) in [5.41, 5.74) is 3.68. The molecule has 2 aromatic rings. The lowest BCUT2D eigenvalue weighted by Crippen LogP contribution is -2.13. The Labute approximate surface area is 125 Å². The van der Waals surface area contributed by atoms with E-state index in [0.29, 0.717) is 0 Å². The van der Waals surface area contributed by atoms with Gasteiger partial charge in [0.25, 0.3) is 0 Å². The van der Waals surface area contributed by atoms with Gasteiger partial charge in [0.2, 0.25) is 0 Å². The lowest BCUT2D eigenvalue weighted by Gasteiger charge is -2.11. The maximum Gasteiger partial charge on any atom is 0.161 e. The van der Waals surface area contributed by atoms with Crippen molar-refractivity contribution in [2.45, 2.75) is 26.4 Å². The first-order valence-electron chi connectivity index (χ1n) is 7.31. The highest BCUT2D eigenvalue weighted by atomic mass is 16.5. The van der Waals surface area contributed by atoms with E-state index in [1.807, 2.05) is 24.5 Å². The van der Waals surface area contributed by atoms with Crippen molar-refractivity contribution >= 4 is 0 Å². The summed E-state index contributed by atoms with van der Waals surface area (Å²) in [6.45, 7) is 5.16. The van der Waals surface area contributed by atoms with Crippen LogP contribution in [-0.2, 0) is 13.1 Å². The number of nitrogens with zero attached hydrogens (tertiary/aromatic N) is 1. The number of rotatable bonds is 4. The monoisotopic (exact) mass is 284 g/mol. The standard InChI is InChI=1S/C17H20N2O2/c1-13-5-6-18-11-15(13)12-19-10-14-3-4-16-17(9-14)21-8-2-7-20-16/h3-6,9,11,19H,2,7-8,10,12H2,1H3. The summed E-state index contributed by atoms with van der Waals surface area (Å²) in [6, 6.07) is 8.16. The van der Waals surface area contributed by atoms with Crippen LogP contribution < -0.4 is 14.8 Å². The molecular weight excluding hydrogens is 264 g/mol. The predicted octanol–water partition coefficient (Wildman–Crippen LogP) is 2.84. The van der Waals surface area contributed by atoms with E-state index in [2.05, 4.69) is 29.4 Å². The zero-order chi connectivity index (χ0) is 14.5. The molecule has 0 radical (unpaired) electrons. The third kappa shape index (κ3) is 3.52. The molecule has 0 spiro atoms. The number of nitrogens with one attached hydrogen (secondary N) is 1. The molecular formula is C17H20N2O2. The molecule has 1 aliphatic rings. The smallest absolute Gasteiger partial charge is 0.161 e. The van der Waals surface area contributed by atoms with Gasteiger partial charge in [-0.1, -0.05) is 6.07 Å². The van der Waals surface area contributed by atoms with Gasteiger partial charge in [-0.15, -0.1) is 0 Å². The van der Waals surface area contributed by atoms with Gasteiger partial charge in [-0.05, 0) is 41.8 Å². The Hall–Kier alpha value is -2.07. The number of benzene rings is 1. The Balaban J connectivity index is 1.61. The van der Waals surface area contributed by atoms with Crippen LogP contribution in [0.2, 0.25) is 0 Å². The van der Waals surface area contributed by atoms with Crippen LogP contribution in [0, 0.1) is 6.92 Å². The Morgan fingerprint density at radius 1 is 1.10 bits per heavy atom.